The lowest BCUT2D eigenvalue weighted by molar-refractivity contribution is 0.285. The van der Waals surface area contributed by atoms with Crippen molar-refractivity contribution in [1.29, 1.82) is 0 Å². The predicted molar refractivity (Wildman–Crippen MR) is 108 cm³/mol. The standard InChI is InChI=1S/C23H29FN2O2/c1-27-18-5-2-4-15(12-18)14-28-23-19(6-3-7-21(23)24)20-13-22(20)26-17-10-8-16(25)9-11-17/h2-7,12,16-17,20,22,26H,8-11,13-14,25H2,1H3. The molecule has 4 nitrogen and oxygen atoms in total. The number of benzene rings is 2. The molecule has 28 heavy (non-hydrogen) atoms. The number of ether oxygens (including phenoxy) is 2. The van der Waals surface area contributed by atoms with Gasteiger partial charge in [0, 0.05) is 29.6 Å². The van der Waals surface area contributed by atoms with Crippen LogP contribution in [0.4, 0.5) is 4.39 Å². The maximum atomic E-state index is 14.5. The molecule has 0 saturated heterocycles. The highest BCUT2D eigenvalue weighted by Gasteiger charge is 2.42. The Labute approximate surface area is 166 Å². The van der Waals surface area contributed by atoms with Crippen molar-refractivity contribution in [2.75, 3.05) is 7.11 Å². The number of hydrogen-bond donors (Lipinski definition) is 2. The zero-order valence-corrected chi connectivity index (χ0v) is 16.4. The molecule has 0 amide bonds. The Morgan fingerprint density at radius 3 is 2.68 bits per heavy atom. The Bertz CT molecular complexity index is 805. The Balaban J connectivity index is 1.40. The average molecular weight is 384 g/mol. The molecule has 2 aromatic carbocycles. The average Bonchev–Trinajstić information content (AvgIpc) is 3.47. The highest BCUT2D eigenvalue weighted by Crippen LogP contribution is 2.46. The first-order chi connectivity index (χ1) is 13.6. The summed E-state index contributed by atoms with van der Waals surface area (Å²) >= 11 is 0. The summed E-state index contributed by atoms with van der Waals surface area (Å²) in [5.41, 5.74) is 7.93. The molecule has 2 fully saturated rings. The lowest BCUT2D eigenvalue weighted by Crippen LogP contribution is -2.38. The van der Waals surface area contributed by atoms with Gasteiger partial charge in [-0.3, -0.25) is 0 Å². The van der Waals surface area contributed by atoms with E-state index in [2.05, 4.69) is 5.32 Å². The van der Waals surface area contributed by atoms with Crippen LogP contribution in [0.3, 0.4) is 0 Å². The molecular weight excluding hydrogens is 355 g/mol. The van der Waals surface area contributed by atoms with E-state index in [1.54, 1.807) is 13.2 Å². The van der Waals surface area contributed by atoms with Gasteiger partial charge in [0.15, 0.2) is 11.6 Å². The number of halogens is 1. The zero-order chi connectivity index (χ0) is 19.5. The van der Waals surface area contributed by atoms with Crippen molar-refractivity contribution < 1.29 is 13.9 Å². The van der Waals surface area contributed by atoms with Crippen LogP contribution in [0.2, 0.25) is 0 Å². The normalized spacial score (nSPS) is 26.7. The lowest BCUT2D eigenvalue weighted by atomic mass is 9.92. The predicted octanol–water partition coefficient (Wildman–Crippen LogP) is 4.13. The number of methoxy groups -OCH3 is 1. The van der Waals surface area contributed by atoms with Gasteiger partial charge < -0.3 is 20.5 Å². The summed E-state index contributed by atoms with van der Waals surface area (Å²) in [6.45, 7) is 0.316. The maximum Gasteiger partial charge on any atom is 0.165 e. The van der Waals surface area contributed by atoms with E-state index in [4.69, 9.17) is 15.2 Å². The van der Waals surface area contributed by atoms with E-state index in [1.807, 2.05) is 30.3 Å². The number of nitrogens with two attached hydrogens (primary N) is 1. The summed E-state index contributed by atoms with van der Waals surface area (Å²) in [5, 5.41) is 3.75. The third kappa shape index (κ3) is 4.47. The van der Waals surface area contributed by atoms with Gasteiger partial charge in [0.25, 0.3) is 0 Å². The monoisotopic (exact) mass is 384 g/mol. The Hall–Kier alpha value is -2.11. The van der Waals surface area contributed by atoms with Crippen LogP contribution in [0.25, 0.3) is 0 Å². The van der Waals surface area contributed by atoms with Crippen molar-refractivity contribution in [3.05, 3.63) is 59.4 Å². The Kier molecular flexibility index (Phi) is 5.83. The summed E-state index contributed by atoms with van der Waals surface area (Å²) in [4.78, 5) is 0. The topological polar surface area (TPSA) is 56.5 Å². The summed E-state index contributed by atoms with van der Waals surface area (Å²) in [5.74, 6) is 1.17. The van der Waals surface area contributed by atoms with Gasteiger partial charge in [0.05, 0.1) is 7.11 Å². The van der Waals surface area contributed by atoms with Crippen molar-refractivity contribution in [1.82, 2.24) is 5.32 Å². The van der Waals surface area contributed by atoms with E-state index in [9.17, 15) is 4.39 Å². The largest absolute Gasteiger partial charge is 0.497 e. The Morgan fingerprint density at radius 1 is 1.11 bits per heavy atom. The molecule has 150 valence electrons. The first-order valence-electron chi connectivity index (χ1n) is 10.2. The molecule has 2 saturated carbocycles. The lowest BCUT2D eigenvalue weighted by Gasteiger charge is -2.27. The number of hydrogen-bond acceptors (Lipinski definition) is 4. The molecular formula is C23H29FN2O2. The molecule has 2 aliphatic carbocycles. The minimum atomic E-state index is -0.297. The minimum Gasteiger partial charge on any atom is -0.497 e. The van der Waals surface area contributed by atoms with Crippen LogP contribution in [0, 0.1) is 5.82 Å². The second-order valence-corrected chi connectivity index (χ2v) is 8.03. The molecule has 2 aromatic rings. The second-order valence-electron chi connectivity index (χ2n) is 8.03. The van der Waals surface area contributed by atoms with Crippen LogP contribution in [0.5, 0.6) is 11.5 Å². The van der Waals surface area contributed by atoms with Gasteiger partial charge in [-0.15, -0.1) is 0 Å². The van der Waals surface area contributed by atoms with Crippen LogP contribution in [-0.2, 0) is 6.61 Å². The highest BCUT2D eigenvalue weighted by atomic mass is 19.1. The Morgan fingerprint density at radius 2 is 1.89 bits per heavy atom. The van der Waals surface area contributed by atoms with Crippen LogP contribution < -0.4 is 20.5 Å². The van der Waals surface area contributed by atoms with Gasteiger partial charge in [0.2, 0.25) is 0 Å². The molecule has 0 radical (unpaired) electrons. The van der Waals surface area contributed by atoms with Crippen molar-refractivity contribution >= 4 is 0 Å². The number of para-hydroxylation sites is 1. The quantitative estimate of drug-likeness (QED) is 0.754. The van der Waals surface area contributed by atoms with Gasteiger partial charge in [-0.05, 0) is 55.9 Å². The molecule has 5 heteroatoms. The minimum absolute atomic E-state index is 0.297. The summed E-state index contributed by atoms with van der Waals surface area (Å²) < 4.78 is 25.7. The number of rotatable bonds is 7. The van der Waals surface area contributed by atoms with E-state index in [0.717, 1.165) is 49.0 Å². The highest BCUT2D eigenvalue weighted by molar-refractivity contribution is 5.42. The first kappa shape index (κ1) is 19.2. The SMILES string of the molecule is COc1cccc(COc2c(F)cccc2C2CC2NC2CCC(N)CC2)c1. The van der Waals surface area contributed by atoms with E-state index in [0.29, 0.717) is 36.4 Å². The molecule has 2 atom stereocenters. The van der Waals surface area contributed by atoms with Crippen molar-refractivity contribution in [3.63, 3.8) is 0 Å². The van der Waals surface area contributed by atoms with Crippen molar-refractivity contribution in [3.8, 4) is 11.5 Å². The van der Waals surface area contributed by atoms with E-state index in [-0.39, 0.29) is 5.82 Å². The molecule has 0 aliphatic heterocycles. The first-order valence-corrected chi connectivity index (χ1v) is 10.2. The van der Waals surface area contributed by atoms with Crippen LogP contribution >= 0.6 is 0 Å². The number of nitrogens with one attached hydrogen (secondary N) is 1. The molecule has 2 aliphatic rings. The summed E-state index contributed by atoms with van der Waals surface area (Å²) in [6, 6.07) is 14.2. The van der Waals surface area contributed by atoms with Crippen LogP contribution in [0.1, 0.15) is 49.1 Å². The van der Waals surface area contributed by atoms with Crippen LogP contribution in [-0.4, -0.2) is 25.2 Å². The smallest absolute Gasteiger partial charge is 0.165 e. The second kappa shape index (κ2) is 8.50. The fourth-order valence-electron chi connectivity index (χ4n) is 4.20. The van der Waals surface area contributed by atoms with Gasteiger partial charge in [-0.1, -0.05) is 24.3 Å². The fourth-order valence-corrected chi connectivity index (χ4v) is 4.20. The van der Waals surface area contributed by atoms with E-state index in [1.165, 1.54) is 6.07 Å². The third-order valence-corrected chi connectivity index (χ3v) is 5.93. The third-order valence-electron chi connectivity index (χ3n) is 5.93. The van der Waals surface area contributed by atoms with Gasteiger partial charge >= 0.3 is 0 Å². The van der Waals surface area contributed by atoms with Gasteiger partial charge in [0.1, 0.15) is 12.4 Å². The molecule has 0 spiro atoms. The van der Waals surface area contributed by atoms with Gasteiger partial charge in [-0.2, -0.15) is 0 Å². The molecule has 4 rings (SSSR count). The summed E-state index contributed by atoms with van der Waals surface area (Å²) in [7, 11) is 1.63. The molecule has 2 unspecified atom stereocenters. The zero-order valence-electron chi connectivity index (χ0n) is 16.4. The molecule has 3 N–H and O–H groups in total. The molecule has 0 aromatic heterocycles. The van der Waals surface area contributed by atoms with Crippen molar-refractivity contribution in [2.24, 2.45) is 5.73 Å². The fraction of sp³-hybridized carbons (Fsp3) is 0.478. The molecule has 0 heterocycles. The molecule has 0 bridgehead atoms. The van der Waals surface area contributed by atoms with E-state index < -0.39 is 0 Å². The van der Waals surface area contributed by atoms with Gasteiger partial charge in [-0.25, -0.2) is 4.39 Å². The maximum absolute atomic E-state index is 14.5. The van der Waals surface area contributed by atoms with Crippen molar-refractivity contribution in [2.45, 2.75) is 62.8 Å². The summed E-state index contributed by atoms with van der Waals surface area (Å²) in [6.07, 6.45) is 5.47. The van der Waals surface area contributed by atoms with Crippen LogP contribution in [0.15, 0.2) is 42.5 Å². The van der Waals surface area contributed by atoms with E-state index >= 15 is 0 Å².